The van der Waals surface area contributed by atoms with Crippen molar-refractivity contribution in [1.82, 2.24) is 4.90 Å². The monoisotopic (exact) mass is 562 g/mol. The Labute approximate surface area is 219 Å². The lowest BCUT2D eigenvalue weighted by Crippen LogP contribution is -3.00. The van der Waals surface area contributed by atoms with E-state index in [0.29, 0.717) is 24.5 Å². The predicted octanol–water partition coefficient (Wildman–Crippen LogP) is 1.98. The molecule has 168 valence electrons. The molecule has 0 amide bonds. The number of halogens is 2. The van der Waals surface area contributed by atoms with E-state index in [-0.39, 0.29) is 77.5 Å². The summed E-state index contributed by atoms with van der Waals surface area (Å²) in [6, 6.07) is 3.61. The first-order valence-corrected chi connectivity index (χ1v) is 10.5. The van der Waals surface area contributed by atoms with Crippen molar-refractivity contribution in [1.29, 1.82) is 0 Å². The van der Waals surface area contributed by atoms with Crippen LogP contribution in [0, 0.1) is 0 Å². The summed E-state index contributed by atoms with van der Waals surface area (Å²) in [6.45, 7) is 3.28. The third-order valence-corrected chi connectivity index (χ3v) is 6.79. The van der Waals surface area contributed by atoms with Crippen LogP contribution in [-0.2, 0) is 9.53 Å². The summed E-state index contributed by atoms with van der Waals surface area (Å²) >= 11 is 6.38. The molecule has 2 aromatic carbocycles. The van der Waals surface area contributed by atoms with Crippen LogP contribution in [0.15, 0.2) is 48.4 Å². The minimum atomic E-state index is -2.42. The molecule has 0 unspecified atom stereocenters. The lowest BCUT2D eigenvalue weighted by atomic mass is 9.92. The summed E-state index contributed by atoms with van der Waals surface area (Å²) in [6.07, 6.45) is 0.456. The van der Waals surface area contributed by atoms with Crippen LogP contribution in [-0.4, -0.2) is 54.2 Å². The molecule has 3 atom stereocenters. The van der Waals surface area contributed by atoms with Gasteiger partial charge in [-0.15, -0.1) is 0 Å². The number of likely N-dealkylation sites (N-methyl/N-ethyl adjacent to an activating group) is 1. The molecule has 1 aliphatic carbocycles. The van der Waals surface area contributed by atoms with Gasteiger partial charge in [0.15, 0.2) is 0 Å². The van der Waals surface area contributed by atoms with Crippen LogP contribution >= 0.6 is 11.6 Å². The van der Waals surface area contributed by atoms with Gasteiger partial charge < -0.3 is 28.7 Å². The molecule has 1 fully saturated rings. The molecule has 4 nitrogen and oxygen atoms in total. The van der Waals surface area contributed by atoms with Crippen molar-refractivity contribution in [3.05, 3.63) is 70.1 Å². The molecular formula is C25H32ClIN2O2. The summed E-state index contributed by atoms with van der Waals surface area (Å²) in [5.41, 5.74) is 1.17. The summed E-state index contributed by atoms with van der Waals surface area (Å²) < 4.78 is 71.2. The molecule has 0 spiro atoms. The van der Waals surface area contributed by atoms with Gasteiger partial charge in [0.25, 0.3) is 0 Å². The molecule has 6 heteroatoms. The SMILES string of the molecule is [2H]c1c([2H])c([2H])c([C@@H]2C[C@@H](N3CC[N@@+](COC(C)=O)(C([2H])([2H])[2H])C(C)(C)C3)c3cc(Cl)ccc32)c([2H])c1[2H].[I-]. The van der Waals surface area contributed by atoms with Crippen molar-refractivity contribution >= 4 is 17.6 Å². The number of carbonyl (C=O) groups is 1. The number of fused-ring (bicyclic) bond motifs is 1. The molecule has 0 radical (unpaired) electrons. The van der Waals surface area contributed by atoms with E-state index in [1.54, 1.807) is 6.07 Å². The van der Waals surface area contributed by atoms with Crippen LogP contribution in [0.5, 0.6) is 0 Å². The Morgan fingerprint density at radius 2 is 2.06 bits per heavy atom. The molecule has 2 aliphatic rings. The van der Waals surface area contributed by atoms with E-state index in [0.717, 1.165) is 11.1 Å². The van der Waals surface area contributed by atoms with Gasteiger partial charge in [0.2, 0.25) is 6.73 Å². The molecule has 1 saturated heterocycles. The lowest BCUT2D eigenvalue weighted by molar-refractivity contribution is -0.974. The summed E-state index contributed by atoms with van der Waals surface area (Å²) in [5, 5.41) is 0.522. The maximum Gasteiger partial charge on any atom is 0.306 e. The summed E-state index contributed by atoms with van der Waals surface area (Å²) in [5.74, 6) is -0.986. The van der Waals surface area contributed by atoms with Gasteiger partial charge in [-0.25, -0.2) is 0 Å². The van der Waals surface area contributed by atoms with E-state index in [9.17, 15) is 4.79 Å². The molecule has 0 N–H and O–H groups in total. The fraction of sp³-hybridized carbons (Fsp3) is 0.480. The summed E-state index contributed by atoms with van der Waals surface area (Å²) in [4.78, 5) is 13.8. The van der Waals surface area contributed by atoms with Crippen molar-refractivity contribution in [3.8, 4) is 0 Å². The number of hydrogen-bond donors (Lipinski definition) is 0. The molecule has 31 heavy (non-hydrogen) atoms. The Hall–Kier alpha value is -1.15. The third kappa shape index (κ3) is 4.80. The van der Waals surface area contributed by atoms with E-state index in [1.807, 2.05) is 26.0 Å². The molecular weight excluding hydrogens is 523 g/mol. The number of quaternary nitrogens is 1. The number of rotatable bonds is 4. The minimum Gasteiger partial charge on any atom is -1.00 e. The quantitative estimate of drug-likeness (QED) is 0.324. The van der Waals surface area contributed by atoms with Gasteiger partial charge in [0.1, 0.15) is 5.54 Å². The standard InChI is InChI=1S/C25H32ClN2O2.HI/c1-18(29)30-17-28(4)13-12-27(16-25(28,2)3)24-15-22(19-8-6-5-7-9-19)21-11-10-20(26)14-23(21)24;/h5-11,14,22,24H,12-13,15-17H2,1-4H3;1H/q+1;/p-1/t22-,24+,28+;/m0./s1/i4D3,5D,6D,7D,8D,9D;. The maximum atomic E-state index is 11.6. The number of ether oxygens (including phenoxy) is 1. The van der Waals surface area contributed by atoms with Crippen LogP contribution in [0.2, 0.25) is 5.02 Å². The number of esters is 1. The Kier molecular flexibility index (Phi) is 4.73. The van der Waals surface area contributed by atoms with Crippen molar-refractivity contribution in [2.45, 2.75) is 44.7 Å². The molecule has 0 saturated carbocycles. The van der Waals surface area contributed by atoms with Gasteiger partial charge in [-0.2, -0.15) is 0 Å². The first kappa shape index (κ1) is 15.6. The average molecular weight is 563 g/mol. The maximum absolute atomic E-state index is 11.6. The Bertz CT molecular complexity index is 1260. The average Bonchev–Trinajstić information content (AvgIpc) is 3.17. The first-order chi connectivity index (χ1) is 17.5. The van der Waals surface area contributed by atoms with Crippen molar-refractivity contribution < 1.29 is 49.0 Å². The van der Waals surface area contributed by atoms with Gasteiger partial charge in [0.05, 0.1) is 31.0 Å². The number of carbonyl (C=O) groups excluding carboxylic acids is 1. The summed E-state index contributed by atoms with van der Waals surface area (Å²) in [7, 11) is 0. The highest BCUT2D eigenvalue weighted by atomic mass is 127. The zero-order valence-electron chi connectivity index (χ0n) is 25.9. The smallest absolute Gasteiger partial charge is 0.306 e. The van der Waals surface area contributed by atoms with E-state index in [2.05, 4.69) is 4.90 Å². The molecule has 1 heterocycles. The van der Waals surface area contributed by atoms with Gasteiger partial charge in [0, 0.05) is 30.5 Å². The van der Waals surface area contributed by atoms with Crippen LogP contribution in [0.25, 0.3) is 0 Å². The van der Waals surface area contributed by atoms with Gasteiger partial charge >= 0.3 is 5.97 Å². The molecule has 0 aromatic heterocycles. The van der Waals surface area contributed by atoms with E-state index in [4.69, 9.17) is 27.3 Å². The normalized spacial score (nSPS) is 31.4. The fourth-order valence-corrected chi connectivity index (χ4v) is 4.88. The molecule has 0 bridgehead atoms. The van der Waals surface area contributed by atoms with E-state index < -0.39 is 30.4 Å². The van der Waals surface area contributed by atoms with Crippen molar-refractivity contribution in [2.75, 3.05) is 33.3 Å². The topological polar surface area (TPSA) is 29.5 Å². The largest absolute Gasteiger partial charge is 1.00 e. The van der Waals surface area contributed by atoms with Gasteiger partial charge in [-0.3, -0.25) is 14.2 Å². The highest BCUT2D eigenvalue weighted by Gasteiger charge is 2.49. The third-order valence-electron chi connectivity index (χ3n) is 6.56. The van der Waals surface area contributed by atoms with E-state index >= 15 is 0 Å². The van der Waals surface area contributed by atoms with Crippen LogP contribution in [0.4, 0.5) is 0 Å². The Morgan fingerprint density at radius 3 is 2.71 bits per heavy atom. The zero-order chi connectivity index (χ0) is 28.4. The van der Waals surface area contributed by atoms with Gasteiger partial charge in [-0.05, 0) is 49.1 Å². The van der Waals surface area contributed by atoms with Crippen LogP contribution in [0.3, 0.4) is 0 Å². The second-order valence-corrected chi connectivity index (χ2v) is 9.29. The van der Waals surface area contributed by atoms with Crippen LogP contribution < -0.4 is 24.0 Å². The number of piperazine rings is 1. The van der Waals surface area contributed by atoms with Gasteiger partial charge in [-0.1, -0.05) is 47.9 Å². The van der Waals surface area contributed by atoms with Crippen molar-refractivity contribution in [2.24, 2.45) is 0 Å². The fourth-order valence-electron chi connectivity index (χ4n) is 4.70. The van der Waals surface area contributed by atoms with E-state index in [1.165, 1.54) is 6.92 Å². The molecule has 2 aromatic rings. The second kappa shape index (κ2) is 9.38. The minimum absolute atomic E-state index is 0. The lowest BCUT2D eigenvalue weighted by Gasteiger charge is -2.53. The zero-order valence-corrected chi connectivity index (χ0v) is 20.8. The first-order valence-electron chi connectivity index (χ1n) is 14.1. The number of benzene rings is 2. The molecule has 1 aliphatic heterocycles. The second-order valence-electron chi connectivity index (χ2n) is 8.86. The predicted molar refractivity (Wildman–Crippen MR) is 120 cm³/mol. The van der Waals surface area contributed by atoms with Crippen LogP contribution in [0.1, 0.15) is 66.8 Å². The van der Waals surface area contributed by atoms with Crippen molar-refractivity contribution in [3.63, 3.8) is 0 Å². The number of hydrogen-bond acceptors (Lipinski definition) is 3. The number of nitrogens with zero attached hydrogens (tertiary/aromatic N) is 2. The Morgan fingerprint density at radius 1 is 1.32 bits per heavy atom. The molecule has 4 rings (SSSR count). The Balaban J connectivity index is 0.00000420. The highest BCUT2D eigenvalue weighted by molar-refractivity contribution is 6.30. The highest BCUT2D eigenvalue weighted by Crippen LogP contribution is 2.48.